The highest BCUT2D eigenvalue weighted by molar-refractivity contribution is 6.31. The van der Waals surface area contributed by atoms with Crippen molar-refractivity contribution in [1.82, 2.24) is 4.98 Å². The SMILES string of the molecule is COc1cc2c(Oc3ccc(NC(=O)C4(C(=O)Nc5cccc(Cl)c5)CC4)cc3F)ccnc2cc1OC(C(N)C(=O)O)C(O)C(CO)CO. The Balaban J connectivity index is 1.34. The first-order chi connectivity index (χ1) is 23.9. The number of pyridine rings is 1. The lowest BCUT2D eigenvalue weighted by Gasteiger charge is -2.31. The summed E-state index contributed by atoms with van der Waals surface area (Å²) in [4.78, 5) is 42.0. The van der Waals surface area contributed by atoms with Gasteiger partial charge in [0.25, 0.3) is 0 Å². The fraction of sp³-hybridized carbons (Fsp3) is 0.294. The molecule has 1 fully saturated rings. The van der Waals surface area contributed by atoms with Crippen molar-refractivity contribution in [3.63, 3.8) is 0 Å². The molecular formula is C34H34ClFN4O10. The Labute approximate surface area is 289 Å². The van der Waals surface area contributed by atoms with E-state index < -0.39 is 66.4 Å². The number of nitrogens with one attached hydrogen (secondary N) is 2. The minimum atomic E-state index is -1.76. The molecule has 0 radical (unpaired) electrons. The molecule has 0 bridgehead atoms. The van der Waals surface area contributed by atoms with Crippen LogP contribution in [-0.2, 0) is 14.4 Å². The largest absolute Gasteiger partial charge is 0.493 e. The van der Waals surface area contributed by atoms with Gasteiger partial charge in [-0.25, -0.2) is 4.39 Å². The standard InChI is InChI=1S/C34H34ClFN4O10/c1-48-26-13-21-23(14-27(26)50-30(28(37)31(44)45)29(43)17(15-41)16-42)38-10-7-24(21)49-25-6-5-20(12-22(25)36)40-33(47)34(8-9-34)32(46)39-19-4-2-3-18(35)11-19/h2-7,10-14,17,28-30,41-43H,8-9,15-16,37H2,1H3,(H,39,46)(H,40,47)(H,44,45). The molecule has 16 heteroatoms. The number of hydrogen-bond donors (Lipinski definition) is 7. The van der Waals surface area contributed by atoms with Crippen molar-refractivity contribution in [3.8, 4) is 23.0 Å². The molecule has 1 heterocycles. The summed E-state index contributed by atoms with van der Waals surface area (Å²) in [6.07, 6.45) is -1.30. The van der Waals surface area contributed by atoms with Gasteiger partial charge in [0.2, 0.25) is 11.8 Å². The Kier molecular flexibility index (Phi) is 11.0. The molecule has 3 unspecified atom stereocenters. The van der Waals surface area contributed by atoms with Crippen LogP contribution in [0.2, 0.25) is 5.02 Å². The number of ether oxygens (including phenoxy) is 3. The summed E-state index contributed by atoms with van der Waals surface area (Å²) in [5.74, 6) is -4.65. The molecule has 4 aromatic rings. The van der Waals surface area contributed by atoms with Crippen LogP contribution in [0.3, 0.4) is 0 Å². The van der Waals surface area contributed by atoms with Crippen molar-refractivity contribution in [1.29, 1.82) is 0 Å². The summed E-state index contributed by atoms with van der Waals surface area (Å²) in [6, 6.07) is 12.8. The molecule has 264 valence electrons. The Morgan fingerprint density at radius 2 is 1.64 bits per heavy atom. The number of aliphatic hydroxyl groups excluding tert-OH is 3. The predicted molar refractivity (Wildman–Crippen MR) is 179 cm³/mol. The van der Waals surface area contributed by atoms with Crippen LogP contribution < -0.4 is 30.6 Å². The van der Waals surface area contributed by atoms with E-state index in [9.17, 15) is 34.8 Å². The number of carboxylic acids is 1. The molecule has 14 nitrogen and oxygen atoms in total. The van der Waals surface area contributed by atoms with Gasteiger partial charge in [0, 0.05) is 46.0 Å². The van der Waals surface area contributed by atoms with Gasteiger partial charge in [0.1, 0.15) is 23.3 Å². The number of benzene rings is 3. The Bertz CT molecular complexity index is 1910. The van der Waals surface area contributed by atoms with Crippen molar-refractivity contribution in [3.05, 3.63) is 77.7 Å². The van der Waals surface area contributed by atoms with Crippen molar-refractivity contribution in [2.75, 3.05) is 31.0 Å². The second kappa shape index (κ2) is 15.2. The molecule has 1 aromatic heterocycles. The van der Waals surface area contributed by atoms with E-state index >= 15 is 4.39 Å². The van der Waals surface area contributed by atoms with Crippen LogP contribution in [0.25, 0.3) is 10.9 Å². The minimum Gasteiger partial charge on any atom is -0.493 e. The Morgan fingerprint density at radius 1 is 0.960 bits per heavy atom. The molecular weight excluding hydrogens is 679 g/mol. The van der Waals surface area contributed by atoms with Crippen molar-refractivity contribution in [2.24, 2.45) is 17.1 Å². The number of rotatable bonds is 15. The van der Waals surface area contributed by atoms with Crippen LogP contribution in [0.1, 0.15) is 12.8 Å². The molecule has 0 spiro atoms. The summed E-state index contributed by atoms with van der Waals surface area (Å²) in [6.45, 7) is -1.35. The third kappa shape index (κ3) is 7.72. The third-order valence-electron chi connectivity index (χ3n) is 8.29. The fourth-order valence-electron chi connectivity index (χ4n) is 5.18. The highest BCUT2D eigenvalue weighted by atomic mass is 35.5. The van der Waals surface area contributed by atoms with Crippen LogP contribution in [0.15, 0.2) is 66.9 Å². The lowest BCUT2D eigenvalue weighted by Crippen LogP contribution is -2.54. The maximum atomic E-state index is 15.3. The van der Waals surface area contributed by atoms with Crippen LogP contribution in [0.4, 0.5) is 15.8 Å². The van der Waals surface area contributed by atoms with E-state index in [0.29, 0.717) is 28.9 Å². The second-order valence-electron chi connectivity index (χ2n) is 11.6. The van der Waals surface area contributed by atoms with Gasteiger partial charge >= 0.3 is 5.97 Å². The number of carbonyl (C=O) groups is 3. The summed E-state index contributed by atoms with van der Waals surface area (Å²) in [7, 11) is 1.30. The van der Waals surface area contributed by atoms with Gasteiger partial charge < -0.3 is 51.0 Å². The lowest BCUT2D eigenvalue weighted by molar-refractivity contribution is -0.144. The average molecular weight is 713 g/mol. The first-order valence-electron chi connectivity index (χ1n) is 15.3. The number of amides is 2. The van der Waals surface area contributed by atoms with Gasteiger partial charge in [-0.3, -0.25) is 19.4 Å². The zero-order valence-corrected chi connectivity index (χ0v) is 27.3. The molecule has 1 aliphatic rings. The average Bonchev–Trinajstić information content (AvgIpc) is 3.91. The number of aliphatic hydroxyl groups is 3. The van der Waals surface area contributed by atoms with Crippen LogP contribution in [0.5, 0.6) is 23.0 Å². The molecule has 3 atom stereocenters. The minimum absolute atomic E-state index is 0.0432. The summed E-state index contributed by atoms with van der Waals surface area (Å²) >= 11 is 5.99. The second-order valence-corrected chi connectivity index (χ2v) is 12.1. The van der Waals surface area contributed by atoms with Crippen LogP contribution >= 0.6 is 11.6 Å². The van der Waals surface area contributed by atoms with E-state index in [0.717, 1.165) is 6.07 Å². The maximum Gasteiger partial charge on any atom is 0.324 e. The van der Waals surface area contributed by atoms with Crippen LogP contribution in [-0.4, -0.2) is 81.8 Å². The topological polar surface area (TPSA) is 223 Å². The zero-order chi connectivity index (χ0) is 36.2. The molecule has 8 N–H and O–H groups in total. The predicted octanol–water partition coefficient (Wildman–Crippen LogP) is 3.31. The number of carbonyl (C=O) groups excluding carboxylic acids is 2. The van der Waals surface area contributed by atoms with E-state index in [2.05, 4.69) is 15.6 Å². The Hall–Kier alpha value is -5.06. The molecule has 0 saturated heterocycles. The molecule has 1 saturated carbocycles. The van der Waals surface area contributed by atoms with Crippen molar-refractivity contribution in [2.45, 2.75) is 31.1 Å². The number of nitrogens with zero attached hydrogens (tertiary/aromatic N) is 1. The van der Waals surface area contributed by atoms with E-state index in [4.69, 9.17) is 31.5 Å². The maximum absolute atomic E-state index is 15.3. The molecule has 1 aliphatic carbocycles. The number of anilines is 2. The highest BCUT2D eigenvalue weighted by Crippen LogP contribution is 2.48. The zero-order valence-electron chi connectivity index (χ0n) is 26.5. The van der Waals surface area contributed by atoms with Crippen molar-refractivity contribution >= 4 is 51.7 Å². The van der Waals surface area contributed by atoms with Gasteiger partial charge in [0.15, 0.2) is 29.2 Å². The summed E-state index contributed by atoms with van der Waals surface area (Å²) in [5.41, 5.74) is 5.27. The molecule has 0 aliphatic heterocycles. The van der Waals surface area contributed by atoms with Gasteiger partial charge in [0.05, 0.1) is 25.8 Å². The van der Waals surface area contributed by atoms with Gasteiger partial charge in [-0.05, 0) is 55.3 Å². The third-order valence-corrected chi connectivity index (χ3v) is 8.52. The number of nitrogens with two attached hydrogens (primary N) is 1. The number of aliphatic carboxylic acids is 1. The number of hydrogen-bond acceptors (Lipinski definition) is 11. The smallest absolute Gasteiger partial charge is 0.324 e. The first kappa shape index (κ1) is 36.2. The molecule has 50 heavy (non-hydrogen) atoms. The Morgan fingerprint density at radius 3 is 2.22 bits per heavy atom. The van der Waals surface area contributed by atoms with Gasteiger partial charge in [-0.1, -0.05) is 17.7 Å². The highest BCUT2D eigenvalue weighted by Gasteiger charge is 2.56. The van der Waals surface area contributed by atoms with E-state index in [1.165, 1.54) is 43.6 Å². The summed E-state index contributed by atoms with van der Waals surface area (Å²) < 4.78 is 32.4. The fourth-order valence-corrected chi connectivity index (χ4v) is 5.37. The molecule has 3 aromatic carbocycles. The van der Waals surface area contributed by atoms with Gasteiger partial charge in [-0.2, -0.15) is 0 Å². The number of halogens is 2. The number of methoxy groups -OCH3 is 1. The molecule has 2 amide bonds. The van der Waals surface area contributed by atoms with E-state index in [1.807, 2.05) is 0 Å². The van der Waals surface area contributed by atoms with Crippen molar-refractivity contribution < 1.29 is 53.4 Å². The molecule has 5 rings (SSSR count). The van der Waals surface area contributed by atoms with Crippen LogP contribution in [0, 0.1) is 17.2 Å². The van der Waals surface area contributed by atoms with E-state index in [1.54, 1.807) is 24.3 Å². The van der Waals surface area contributed by atoms with Gasteiger partial charge in [-0.15, -0.1) is 0 Å². The summed E-state index contributed by atoms with van der Waals surface area (Å²) in [5, 5.41) is 45.3. The van der Waals surface area contributed by atoms with E-state index in [-0.39, 0.29) is 34.2 Å². The normalized spacial score (nSPS) is 15.1. The lowest BCUT2D eigenvalue weighted by atomic mass is 9.94. The number of aromatic nitrogens is 1. The monoisotopic (exact) mass is 712 g/mol. The number of carboxylic acid groups (broad SMARTS) is 1. The first-order valence-corrected chi connectivity index (χ1v) is 15.7. The quantitative estimate of drug-likeness (QED) is 0.0883. The number of fused-ring (bicyclic) bond motifs is 1.